The number of carbonyl (C=O) groups is 3. The zero-order chi connectivity index (χ0) is 16.9. The van der Waals surface area contributed by atoms with E-state index < -0.39 is 23.5 Å². The molecule has 6 nitrogen and oxygen atoms in total. The number of hydrogen-bond donors (Lipinski definition) is 3. The molecule has 1 saturated heterocycles. The molecule has 0 spiro atoms. The average molecular weight is 328 g/mol. The summed E-state index contributed by atoms with van der Waals surface area (Å²) in [5.41, 5.74) is 1.43. The Morgan fingerprint density at radius 1 is 1.29 bits per heavy atom. The summed E-state index contributed by atoms with van der Waals surface area (Å²) in [6.45, 7) is 0. The smallest absolute Gasteiger partial charge is 0.322 e. The van der Waals surface area contributed by atoms with Gasteiger partial charge in [0.25, 0.3) is 5.91 Å². The minimum absolute atomic E-state index is 0.161. The number of imide groups is 1. The third-order valence-corrected chi connectivity index (χ3v) is 5.77. The van der Waals surface area contributed by atoms with E-state index in [2.05, 4.69) is 22.8 Å². The highest BCUT2D eigenvalue weighted by Crippen LogP contribution is 2.52. The number of carboxylic acid groups (broad SMARTS) is 1. The summed E-state index contributed by atoms with van der Waals surface area (Å²) in [6.07, 6.45) is 3.93. The summed E-state index contributed by atoms with van der Waals surface area (Å²) in [4.78, 5) is 35.6. The van der Waals surface area contributed by atoms with Crippen molar-refractivity contribution in [3.8, 4) is 0 Å². The van der Waals surface area contributed by atoms with Crippen LogP contribution >= 0.6 is 0 Å². The Labute approximate surface area is 139 Å². The molecule has 24 heavy (non-hydrogen) atoms. The second kappa shape index (κ2) is 5.33. The lowest BCUT2D eigenvalue weighted by atomic mass is 9.73. The maximum absolute atomic E-state index is 12.6. The lowest BCUT2D eigenvalue weighted by molar-refractivity contribution is -0.139. The van der Waals surface area contributed by atoms with Crippen molar-refractivity contribution in [3.05, 3.63) is 35.4 Å². The lowest BCUT2D eigenvalue weighted by Gasteiger charge is -2.34. The summed E-state index contributed by atoms with van der Waals surface area (Å²) in [5, 5.41) is 14.4. The first-order valence-electron chi connectivity index (χ1n) is 8.45. The van der Waals surface area contributed by atoms with Crippen molar-refractivity contribution in [2.75, 3.05) is 0 Å². The van der Waals surface area contributed by atoms with Gasteiger partial charge in [-0.15, -0.1) is 0 Å². The molecule has 0 bridgehead atoms. The van der Waals surface area contributed by atoms with Crippen LogP contribution < -0.4 is 10.6 Å². The first kappa shape index (κ1) is 15.2. The first-order valence-corrected chi connectivity index (χ1v) is 8.45. The highest BCUT2D eigenvalue weighted by atomic mass is 16.4. The number of benzene rings is 1. The topological polar surface area (TPSA) is 95.5 Å². The molecule has 1 aliphatic heterocycles. The Kier molecular flexibility index (Phi) is 3.37. The van der Waals surface area contributed by atoms with Crippen LogP contribution in [0.15, 0.2) is 24.3 Å². The van der Waals surface area contributed by atoms with Crippen molar-refractivity contribution in [1.82, 2.24) is 10.6 Å². The van der Waals surface area contributed by atoms with Crippen LogP contribution in [0.4, 0.5) is 4.79 Å². The zero-order valence-electron chi connectivity index (χ0n) is 13.2. The highest BCUT2D eigenvalue weighted by molar-refractivity contribution is 6.08. The molecule has 1 aromatic rings. The van der Waals surface area contributed by atoms with E-state index in [9.17, 15) is 19.5 Å². The van der Waals surface area contributed by atoms with Gasteiger partial charge in [0, 0.05) is 5.92 Å². The van der Waals surface area contributed by atoms with Gasteiger partial charge in [0.2, 0.25) is 0 Å². The minimum atomic E-state index is -1.09. The number of urea groups is 1. The molecule has 126 valence electrons. The number of rotatable bonds is 4. The number of nitrogens with one attached hydrogen (secondary N) is 2. The molecule has 3 aliphatic rings. The van der Waals surface area contributed by atoms with Crippen LogP contribution in [-0.2, 0) is 16.0 Å². The van der Waals surface area contributed by atoms with Gasteiger partial charge in [-0.2, -0.15) is 0 Å². The van der Waals surface area contributed by atoms with Crippen molar-refractivity contribution in [3.63, 3.8) is 0 Å². The van der Waals surface area contributed by atoms with Gasteiger partial charge in [-0.1, -0.05) is 24.3 Å². The second-order valence-electron chi connectivity index (χ2n) is 7.16. The van der Waals surface area contributed by atoms with E-state index in [0.29, 0.717) is 12.8 Å². The van der Waals surface area contributed by atoms with Crippen LogP contribution in [0.5, 0.6) is 0 Å². The molecule has 4 atom stereocenters. The summed E-state index contributed by atoms with van der Waals surface area (Å²) >= 11 is 0. The standard InChI is InChI=1S/C18H20N2O4/c21-15(22)13-8-14(13)18(16(23)19-17(24)20-18)9-11-6-3-5-10-4-1-2-7-12(10)11/h1-2,4,7,11,13-14H,3,5-6,8-9H2,(H,21,22)(H2,19,20,23,24)/t11?,13-,14-,18?/m0/s1. The van der Waals surface area contributed by atoms with Crippen LogP contribution in [0.2, 0.25) is 0 Å². The van der Waals surface area contributed by atoms with Gasteiger partial charge in [0.1, 0.15) is 5.54 Å². The Morgan fingerprint density at radius 2 is 2.08 bits per heavy atom. The summed E-state index contributed by atoms with van der Waals surface area (Å²) in [6, 6.07) is 7.69. The first-order chi connectivity index (χ1) is 11.5. The number of hydrogen-bond acceptors (Lipinski definition) is 3. The molecule has 1 heterocycles. The number of aryl methyl sites for hydroxylation is 1. The monoisotopic (exact) mass is 328 g/mol. The van der Waals surface area contributed by atoms with Gasteiger partial charge < -0.3 is 10.4 Å². The quantitative estimate of drug-likeness (QED) is 0.734. The van der Waals surface area contributed by atoms with Crippen molar-refractivity contribution < 1.29 is 19.5 Å². The predicted molar refractivity (Wildman–Crippen MR) is 85.4 cm³/mol. The average Bonchev–Trinajstić information content (AvgIpc) is 3.30. The molecule has 3 N–H and O–H groups in total. The third-order valence-electron chi connectivity index (χ3n) is 5.77. The van der Waals surface area contributed by atoms with Crippen LogP contribution in [-0.4, -0.2) is 28.6 Å². The fourth-order valence-corrected chi connectivity index (χ4v) is 4.53. The molecule has 0 radical (unpaired) electrons. The molecule has 2 aliphatic carbocycles. The summed E-state index contributed by atoms with van der Waals surface area (Å²) in [7, 11) is 0. The van der Waals surface area contributed by atoms with Crippen molar-refractivity contribution >= 4 is 17.9 Å². The molecule has 0 aromatic heterocycles. The molecular formula is C18H20N2O4. The molecule has 1 saturated carbocycles. The van der Waals surface area contributed by atoms with Crippen molar-refractivity contribution in [2.45, 2.75) is 43.6 Å². The Bertz CT molecular complexity index is 731. The second-order valence-corrected chi connectivity index (χ2v) is 7.16. The van der Waals surface area contributed by atoms with E-state index in [-0.39, 0.29) is 17.7 Å². The van der Waals surface area contributed by atoms with E-state index in [4.69, 9.17) is 0 Å². The Hall–Kier alpha value is -2.37. The van der Waals surface area contributed by atoms with Crippen LogP contribution in [0.25, 0.3) is 0 Å². The zero-order valence-corrected chi connectivity index (χ0v) is 13.2. The molecule has 2 unspecified atom stereocenters. The van der Waals surface area contributed by atoms with Crippen molar-refractivity contribution in [1.29, 1.82) is 0 Å². The van der Waals surface area contributed by atoms with Gasteiger partial charge in [-0.3, -0.25) is 14.9 Å². The maximum atomic E-state index is 12.6. The van der Waals surface area contributed by atoms with Crippen LogP contribution in [0.1, 0.15) is 42.7 Å². The molecule has 1 aromatic carbocycles. The number of amides is 3. The van der Waals surface area contributed by atoms with Gasteiger partial charge in [-0.25, -0.2) is 4.79 Å². The van der Waals surface area contributed by atoms with Gasteiger partial charge >= 0.3 is 12.0 Å². The van der Waals surface area contributed by atoms with Crippen LogP contribution in [0, 0.1) is 11.8 Å². The summed E-state index contributed by atoms with van der Waals surface area (Å²) in [5.74, 6) is -1.97. The maximum Gasteiger partial charge on any atom is 0.322 e. The molecular weight excluding hydrogens is 308 g/mol. The van der Waals surface area contributed by atoms with Gasteiger partial charge in [0.05, 0.1) is 5.92 Å². The molecule has 2 fully saturated rings. The van der Waals surface area contributed by atoms with Crippen molar-refractivity contribution in [2.24, 2.45) is 11.8 Å². The van der Waals surface area contributed by atoms with Crippen LogP contribution in [0.3, 0.4) is 0 Å². The summed E-state index contributed by atoms with van der Waals surface area (Å²) < 4.78 is 0. The number of aliphatic carboxylic acids is 1. The van der Waals surface area contributed by atoms with E-state index in [1.165, 1.54) is 11.1 Å². The predicted octanol–water partition coefficient (Wildman–Crippen LogP) is 1.80. The fourth-order valence-electron chi connectivity index (χ4n) is 4.53. The molecule has 6 heteroatoms. The van der Waals surface area contributed by atoms with E-state index in [1.807, 2.05) is 12.1 Å². The lowest BCUT2D eigenvalue weighted by Crippen LogP contribution is -2.51. The van der Waals surface area contributed by atoms with Gasteiger partial charge in [-0.05, 0) is 49.1 Å². The Balaban J connectivity index is 1.66. The SMILES string of the molecule is O=C1NC(=O)C(CC2CCCc3ccccc32)([C@H]2C[C@@H]2C(=O)O)N1. The molecule has 4 rings (SSSR count). The third kappa shape index (κ3) is 2.28. The largest absolute Gasteiger partial charge is 0.481 e. The van der Waals surface area contributed by atoms with Gasteiger partial charge in [0.15, 0.2) is 0 Å². The molecule has 3 amide bonds. The minimum Gasteiger partial charge on any atom is -0.481 e. The van der Waals surface area contributed by atoms with E-state index in [0.717, 1.165) is 19.3 Å². The van der Waals surface area contributed by atoms with E-state index >= 15 is 0 Å². The highest BCUT2D eigenvalue weighted by Gasteiger charge is 2.63. The number of carbonyl (C=O) groups excluding carboxylic acids is 2. The number of fused-ring (bicyclic) bond motifs is 1. The normalized spacial score (nSPS) is 34.2. The number of carboxylic acids is 1. The Morgan fingerprint density at radius 3 is 2.75 bits per heavy atom. The van der Waals surface area contributed by atoms with E-state index in [1.54, 1.807) is 0 Å². The fraction of sp³-hybridized carbons (Fsp3) is 0.500.